The molecule has 4 heteroatoms. The van der Waals surface area contributed by atoms with Crippen LogP contribution in [0.1, 0.15) is 29.2 Å². The van der Waals surface area contributed by atoms with Gasteiger partial charge in [-0.05, 0) is 43.7 Å². The fourth-order valence-corrected chi connectivity index (χ4v) is 2.80. The van der Waals surface area contributed by atoms with Crippen molar-refractivity contribution < 1.29 is 9.21 Å². The highest BCUT2D eigenvalue weighted by Gasteiger charge is 2.34. The molecule has 2 aliphatic carbocycles. The minimum absolute atomic E-state index is 0.293. The van der Waals surface area contributed by atoms with E-state index in [0.717, 1.165) is 18.1 Å². The molecule has 1 saturated carbocycles. The van der Waals surface area contributed by atoms with Crippen molar-refractivity contribution in [1.82, 2.24) is 5.43 Å². The lowest BCUT2D eigenvalue weighted by molar-refractivity contribution is 0.0926. The van der Waals surface area contributed by atoms with Gasteiger partial charge in [-0.2, -0.15) is 5.10 Å². The van der Waals surface area contributed by atoms with E-state index in [2.05, 4.69) is 22.7 Å². The average Bonchev–Trinajstić information content (AvgIpc) is 3.04. The summed E-state index contributed by atoms with van der Waals surface area (Å²) in [5.74, 6) is 2.54. The van der Waals surface area contributed by atoms with Gasteiger partial charge in [0.25, 0.3) is 0 Å². The van der Waals surface area contributed by atoms with E-state index < -0.39 is 0 Å². The monoisotopic (exact) mass is 244 g/mol. The van der Waals surface area contributed by atoms with E-state index in [9.17, 15) is 4.79 Å². The lowest BCUT2D eigenvalue weighted by atomic mass is 9.95. The van der Waals surface area contributed by atoms with Crippen LogP contribution in [-0.2, 0) is 0 Å². The second kappa shape index (κ2) is 4.44. The molecule has 2 aliphatic rings. The molecule has 1 heterocycles. The molecule has 1 fully saturated rings. The number of carbonyl (C=O) groups excluding carboxylic acids is 1. The van der Waals surface area contributed by atoms with Gasteiger partial charge in [0, 0.05) is 12.1 Å². The molecule has 1 aromatic heterocycles. The van der Waals surface area contributed by atoms with Gasteiger partial charge in [-0.3, -0.25) is 4.79 Å². The predicted octanol–water partition coefficient (Wildman–Crippen LogP) is 2.52. The number of nitrogens with one attached hydrogen (secondary N) is 1. The molecule has 94 valence electrons. The second-order valence-corrected chi connectivity index (χ2v) is 5.07. The van der Waals surface area contributed by atoms with Crippen molar-refractivity contribution in [3.8, 4) is 0 Å². The average molecular weight is 244 g/mol. The molecule has 2 bridgehead atoms. The molecule has 1 N–H and O–H groups in total. The van der Waals surface area contributed by atoms with Gasteiger partial charge in [-0.1, -0.05) is 12.2 Å². The number of aryl methyl sites for hydroxylation is 1. The van der Waals surface area contributed by atoms with Crippen LogP contribution in [0.2, 0.25) is 0 Å². The summed E-state index contributed by atoms with van der Waals surface area (Å²) in [6.45, 7) is 1.81. The maximum Gasteiger partial charge on any atom is 0.307 e. The third-order valence-electron chi connectivity index (χ3n) is 3.73. The summed E-state index contributed by atoms with van der Waals surface area (Å²) in [5.41, 5.74) is 2.51. The van der Waals surface area contributed by atoms with Crippen molar-refractivity contribution in [2.75, 3.05) is 0 Å². The van der Waals surface area contributed by atoms with Crippen molar-refractivity contribution >= 4 is 12.1 Å². The number of hydrazone groups is 1. The van der Waals surface area contributed by atoms with E-state index in [1.165, 1.54) is 6.42 Å². The van der Waals surface area contributed by atoms with Crippen LogP contribution in [0.15, 0.2) is 33.8 Å². The Morgan fingerprint density at radius 2 is 2.33 bits per heavy atom. The lowest BCUT2D eigenvalue weighted by Gasteiger charge is -2.11. The molecule has 0 saturated heterocycles. The number of fused-ring (bicyclic) bond motifs is 2. The van der Waals surface area contributed by atoms with Gasteiger partial charge in [-0.25, -0.2) is 5.43 Å². The van der Waals surface area contributed by atoms with Crippen LogP contribution >= 0.6 is 0 Å². The molecular formula is C14H16N2O2. The summed E-state index contributed by atoms with van der Waals surface area (Å²) in [6.07, 6.45) is 8.81. The summed E-state index contributed by atoms with van der Waals surface area (Å²) in [6, 6.07) is 3.42. The Bertz CT molecular complexity index is 516. The van der Waals surface area contributed by atoms with Crippen LogP contribution < -0.4 is 5.43 Å². The Morgan fingerprint density at radius 1 is 1.44 bits per heavy atom. The maximum atomic E-state index is 11.7. The summed E-state index contributed by atoms with van der Waals surface area (Å²) in [4.78, 5) is 11.7. The van der Waals surface area contributed by atoms with Gasteiger partial charge < -0.3 is 4.42 Å². The molecule has 4 nitrogen and oxygen atoms in total. The first-order valence-corrected chi connectivity index (χ1v) is 6.30. The fourth-order valence-electron chi connectivity index (χ4n) is 2.80. The number of amides is 1. The first-order valence-electron chi connectivity index (χ1n) is 6.30. The second-order valence-electron chi connectivity index (χ2n) is 5.07. The first kappa shape index (κ1) is 11.3. The molecule has 0 spiro atoms. The zero-order chi connectivity index (χ0) is 12.5. The van der Waals surface area contributed by atoms with Crippen LogP contribution in [-0.4, -0.2) is 12.1 Å². The number of allylic oxidation sites excluding steroid dienone is 2. The Balaban J connectivity index is 1.55. The highest BCUT2D eigenvalue weighted by Crippen LogP contribution is 2.42. The zero-order valence-electron chi connectivity index (χ0n) is 10.3. The maximum absolute atomic E-state index is 11.7. The van der Waals surface area contributed by atoms with Gasteiger partial charge in [0.05, 0.1) is 0 Å². The zero-order valence-corrected chi connectivity index (χ0v) is 10.3. The van der Waals surface area contributed by atoms with Crippen molar-refractivity contribution in [3.05, 3.63) is 35.8 Å². The normalized spacial score (nSPS) is 29.3. The highest BCUT2D eigenvalue weighted by molar-refractivity contribution is 5.91. The smallest absolute Gasteiger partial charge is 0.307 e. The van der Waals surface area contributed by atoms with Crippen LogP contribution in [0, 0.1) is 24.7 Å². The molecule has 3 atom stereocenters. The largest absolute Gasteiger partial charge is 0.456 e. The molecule has 3 rings (SSSR count). The first-order chi connectivity index (χ1) is 8.72. The van der Waals surface area contributed by atoms with Crippen LogP contribution in [0.25, 0.3) is 0 Å². The number of rotatable bonds is 3. The summed E-state index contributed by atoms with van der Waals surface area (Å²) >= 11 is 0. The molecule has 0 radical (unpaired) electrons. The van der Waals surface area contributed by atoms with E-state index >= 15 is 0 Å². The van der Waals surface area contributed by atoms with Crippen LogP contribution in [0.4, 0.5) is 0 Å². The topological polar surface area (TPSA) is 54.6 Å². The van der Waals surface area contributed by atoms with E-state index in [-0.39, 0.29) is 5.91 Å². The third kappa shape index (κ3) is 2.10. The molecule has 18 heavy (non-hydrogen) atoms. The third-order valence-corrected chi connectivity index (χ3v) is 3.73. The van der Waals surface area contributed by atoms with Gasteiger partial charge in [0.1, 0.15) is 5.76 Å². The molecule has 3 unspecified atom stereocenters. The fraction of sp³-hybridized carbons (Fsp3) is 0.429. The molecule has 0 aromatic carbocycles. The summed E-state index contributed by atoms with van der Waals surface area (Å²) in [7, 11) is 0. The standard InChI is InChI=1S/C14H16N2O2/c1-9-2-5-13(18-9)14(17)16-15-8-12-7-10-3-4-11(12)6-10/h2-5,8,10-12H,6-7H2,1H3,(H,16,17)/b15-8+. The lowest BCUT2D eigenvalue weighted by Crippen LogP contribution is -2.18. The van der Waals surface area contributed by atoms with Crippen molar-refractivity contribution in [3.63, 3.8) is 0 Å². The van der Waals surface area contributed by atoms with Crippen molar-refractivity contribution in [2.24, 2.45) is 22.9 Å². The number of carbonyl (C=O) groups is 1. The van der Waals surface area contributed by atoms with E-state index in [4.69, 9.17) is 4.42 Å². The Morgan fingerprint density at radius 3 is 2.94 bits per heavy atom. The molecule has 0 aliphatic heterocycles. The Labute approximate surface area is 106 Å². The van der Waals surface area contributed by atoms with Crippen molar-refractivity contribution in [2.45, 2.75) is 19.8 Å². The van der Waals surface area contributed by atoms with Gasteiger partial charge >= 0.3 is 5.91 Å². The minimum Gasteiger partial charge on any atom is -0.456 e. The SMILES string of the molecule is Cc1ccc(C(=O)N/N=C/C2CC3C=CC2C3)o1. The summed E-state index contributed by atoms with van der Waals surface area (Å²) < 4.78 is 5.22. The van der Waals surface area contributed by atoms with Gasteiger partial charge in [0.15, 0.2) is 5.76 Å². The van der Waals surface area contributed by atoms with E-state index in [1.54, 1.807) is 12.1 Å². The quantitative estimate of drug-likeness (QED) is 0.504. The van der Waals surface area contributed by atoms with Crippen molar-refractivity contribution in [1.29, 1.82) is 0 Å². The van der Waals surface area contributed by atoms with Gasteiger partial charge in [-0.15, -0.1) is 0 Å². The molecule has 1 aromatic rings. The molecular weight excluding hydrogens is 228 g/mol. The van der Waals surface area contributed by atoms with Crippen LogP contribution in [0.3, 0.4) is 0 Å². The van der Waals surface area contributed by atoms with E-state index in [1.807, 2.05) is 13.1 Å². The number of hydrogen-bond acceptors (Lipinski definition) is 3. The van der Waals surface area contributed by atoms with E-state index in [0.29, 0.717) is 17.6 Å². The summed E-state index contributed by atoms with van der Waals surface area (Å²) in [5, 5.41) is 4.04. The van der Waals surface area contributed by atoms with Gasteiger partial charge in [0.2, 0.25) is 0 Å². The van der Waals surface area contributed by atoms with Crippen LogP contribution in [0.5, 0.6) is 0 Å². The highest BCUT2D eigenvalue weighted by atomic mass is 16.3. The molecule has 1 amide bonds. The Hall–Kier alpha value is -1.84. The number of nitrogens with zero attached hydrogens (tertiary/aromatic N) is 1. The minimum atomic E-state index is -0.293. The Kier molecular flexibility index (Phi) is 2.78. The number of furan rings is 1. The predicted molar refractivity (Wildman–Crippen MR) is 68.2 cm³/mol. The number of hydrogen-bond donors (Lipinski definition) is 1.